The van der Waals surface area contributed by atoms with Gasteiger partial charge in [-0.3, -0.25) is 0 Å². The Balaban J connectivity index is 2.27. The van der Waals surface area contributed by atoms with Gasteiger partial charge in [0.2, 0.25) is 0 Å². The number of aromatic nitrogens is 1. The Labute approximate surface area is 216 Å². The number of nitrogens with zero attached hydrogens (tertiary/aromatic N) is 1. The fourth-order valence-electron chi connectivity index (χ4n) is 4.60. The zero-order valence-corrected chi connectivity index (χ0v) is 22.9. The molecule has 0 amide bonds. The molecule has 1 atom stereocenters. The molecule has 1 heterocycles. The Kier molecular flexibility index (Phi) is 6.40. The first-order valence-electron chi connectivity index (χ1n) is 10.8. The maximum atomic E-state index is 15.7. The molecule has 1 aliphatic rings. The Morgan fingerprint density at radius 1 is 1.03 bits per heavy atom. The van der Waals surface area contributed by atoms with Gasteiger partial charge >= 0.3 is 6.18 Å². The molecule has 196 valence electrons. The first-order chi connectivity index (χ1) is 16.3. The van der Waals surface area contributed by atoms with Crippen LogP contribution in [-0.2, 0) is 26.5 Å². The van der Waals surface area contributed by atoms with Gasteiger partial charge in [-0.1, -0.05) is 40.9 Å². The van der Waals surface area contributed by atoms with E-state index in [1.807, 2.05) is 0 Å². The quantitative estimate of drug-likeness (QED) is 0.233. The van der Waals surface area contributed by atoms with Gasteiger partial charge in [0, 0.05) is 11.8 Å². The lowest BCUT2D eigenvalue weighted by molar-refractivity contribution is -0.337. The topological polar surface area (TPSA) is 48.3 Å². The predicted molar refractivity (Wildman–Crippen MR) is 131 cm³/mol. The average molecular weight is 586 g/mol. The second-order valence-electron chi connectivity index (χ2n) is 9.79. The lowest BCUT2D eigenvalue weighted by atomic mass is 9.79. The number of hydrogen-bond acceptors (Lipinski definition) is 3. The summed E-state index contributed by atoms with van der Waals surface area (Å²) in [7, 11) is -8.21. The molecule has 0 aliphatic heterocycles. The van der Waals surface area contributed by atoms with E-state index in [-0.39, 0.29) is 31.4 Å². The Hall–Kier alpha value is -1.66. The molecule has 1 unspecified atom stereocenters. The van der Waals surface area contributed by atoms with Crippen molar-refractivity contribution in [2.45, 2.75) is 62.0 Å². The van der Waals surface area contributed by atoms with Crippen molar-refractivity contribution in [3.05, 3.63) is 63.3 Å². The SMILES string of the molecule is Cc1ccc(S(=O)(=O)n2c3c(c4cc(Cl)c(Cl)cc42)CCC(F)(F)C3(O[Si](C)(C)C)C(F)(F)F)cc1. The van der Waals surface area contributed by atoms with Gasteiger partial charge in [0.15, 0.2) is 8.32 Å². The Morgan fingerprint density at radius 3 is 2.11 bits per heavy atom. The number of halogens is 7. The summed E-state index contributed by atoms with van der Waals surface area (Å²) in [6, 6.07) is 7.61. The molecule has 0 fully saturated rings. The van der Waals surface area contributed by atoms with Crippen molar-refractivity contribution in [1.82, 2.24) is 3.97 Å². The molecule has 0 spiro atoms. The molecule has 36 heavy (non-hydrogen) atoms. The standard InChI is InChI=1S/C23H22Cl2F5NO3SSi/c1-13-5-7-14(8-6-13)35(32,33)31-19-12-18(25)17(24)11-16(19)15-9-10-21(26,27)22(20(15)31,23(28,29)30)34-36(2,3)4/h5-8,11-12H,9-10H2,1-4H3. The van der Waals surface area contributed by atoms with Gasteiger partial charge in [-0.15, -0.1) is 0 Å². The summed E-state index contributed by atoms with van der Waals surface area (Å²) < 4.78 is 110. The molecule has 1 aliphatic carbocycles. The highest BCUT2D eigenvalue weighted by molar-refractivity contribution is 7.90. The van der Waals surface area contributed by atoms with Crippen molar-refractivity contribution in [3.8, 4) is 0 Å². The lowest BCUT2D eigenvalue weighted by Gasteiger charge is -2.47. The third kappa shape index (κ3) is 4.07. The van der Waals surface area contributed by atoms with Crippen LogP contribution in [0.25, 0.3) is 10.9 Å². The molecule has 0 radical (unpaired) electrons. The van der Waals surface area contributed by atoms with E-state index in [4.69, 9.17) is 27.6 Å². The summed E-state index contributed by atoms with van der Waals surface area (Å²) in [5.74, 6) is -4.47. The molecule has 0 saturated heterocycles. The van der Waals surface area contributed by atoms with E-state index in [0.717, 1.165) is 6.07 Å². The van der Waals surface area contributed by atoms with E-state index >= 15 is 8.78 Å². The van der Waals surface area contributed by atoms with Crippen LogP contribution in [0.2, 0.25) is 29.7 Å². The van der Waals surface area contributed by atoms with E-state index in [9.17, 15) is 21.6 Å². The van der Waals surface area contributed by atoms with Crippen LogP contribution >= 0.6 is 23.2 Å². The second-order valence-corrected chi connectivity index (χ2v) is 16.8. The Bertz CT molecular complexity index is 1460. The summed E-state index contributed by atoms with van der Waals surface area (Å²) in [4.78, 5) is -0.378. The van der Waals surface area contributed by atoms with Crippen molar-refractivity contribution in [2.75, 3.05) is 0 Å². The van der Waals surface area contributed by atoms with Gasteiger partial charge in [0.05, 0.1) is 26.2 Å². The van der Waals surface area contributed by atoms with Crippen LogP contribution in [0.5, 0.6) is 0 Å². The van der Waals surface area contributed by atoms with Gasteiger partial charge in [-0.2, -0.15) is 13.2 Å². The molecule has 4 nitrogen and oxygen atoms in total. The molecule has 0 bridgehead atoms. The number of aryl methyl sites for hydroxylation is 2. The zero-order chi connectivity index (χ0) is 27.1. The predicted octanol–water partition coefficient (Wildman–Crippen LogP) is 7.68. The van der Waals surface area contributed by atoms with Crippen LogP contribution in [0.4, 0.5) is 22.0 Å². The molecular weight excluding hydrogens is 564 g/mol. The second kappa shape index (κ2) is 8.42. The molecule has 2 aromatic carbocycles. The van der Waals surface area contributed by atoms with Gasteiger partial charge < -0.3 is 4.43 Å². The van der Waals surface area contributed by atoms with E-state index in [1.54, 1.807) is 6.92 Å². The first kappa shape index (κ1) is 27.4. The molecule has 4 rings (SSSR count). The fourth-order valence-corrected chi connectivity index (χ4v) is 7.79. The highest BCUT2D eigenvalue weighted by atomic mass is 35.5. The average Bonchev–Trinajstić information content (AvgIpc) is 3.03. The zero-order valence-electron chi connectivity index (χ0n) is 19.6. The van der Waals surface area contributed by atoms with Crippen LogP contribution in [0.3, 0.4) is 0 Å². The van der Waals surface area contributed by atoms with Crippen molar-refractivity contribution in [3.63, 3.8) is 0 Å². The fraction of sp³-hybridized carbons (Fsp3) is 0.391. The highest BCUT2D eigenvalue weighted by Crippen LogP contribution is 2.60. The maximum absolute atomic E-state index is 15.7. The minimum Gasteiger partial charge on any atom is -0.395 e. The number of hydrogen-bond donors (Lipinski definition) is 0. The van der Waals surface area contributed by atoms with Crippen LogP contribution in [0.15, 0.2) is 41.3 Å². The van der Waals surface area contributed by atoms with Crippen LogP contribution in [0, 0.1) is 6.92 Å². The van der Waals surface area contributed by atoms with Gasteiger partial charge in [-0.05, 0) is 62.8 Å². The molecule has 3 aromatic rings. The van der Waals surface area contributed by atoms with Gasteiger partial charge in [-0.25, -0.2) is 21.2 Å². The normalized spacial score (nSPS) is 20.5. The number of alkyl halides is 5. The summed E-state index contributed by atoms with van der Waals surface area (Å²) >= 11 is 12.3. The van der Waals surface area contributed by atoms with Crippen LogP contribution < -0.4 is 0 Å². The summed E-state index contributed by atoms with van der Waals surface area (Å²) in [6.07, 6.45) is -7.40. The van der Waals surface area contributed by atoms with E-state index < -0.39 is 54.6 Å². The van der Waals surface area contributed by atoms with Crippen LogP contribution in [0.1, 0.15) is 23.2 Å². The molecule has 1 aromatic heterocycles. The lowest BCUT2D eigenvalue weighted by Crippen LogP contribution is -2.64. The number of benzene rings is 2. The Morgan fingerprint density at radius 2 is 1.58 bits per heavy atom. The summed E-state index contributed by atoms with van der Waals surface area (Å²) in [5.41, 5.74) is -5.20. The minimum absolute atomic E-state index is 0.0154. The summed E-state index contributed by atoms with van der Waals surface area (Å²) in [5, 5.41) is -0.217. The van der Waals surface area contributed by atoms with Crippen molar-refractivity contribution < 1.29 is 34.8 Å². The monoisotopic (exact) mass is 585 g/mol. The highest BCUT2D eigenvalue weighted by Gasteiger charge is 2.76. The molecule has 0 saturated carbocycles. The van der Waals surface area contributed by atoms with Crippen molar-refractivity contribution >= 4 is 52.4 Å². The third-order valence-electron chi connectivity index (χ3n) is 6.03. The molecule has 13 heteroatoms. The number of rotatable bonds is 4. The first-order valence-corrected chi connectivity index (χ1v) is 16.4. The molecular formula is C23H22Cl2F5NO3SSi. The van der Waals surface area contributed by atoms with Crippen LogP contribution in [-0.4, -0.2) is 32.8 Å². The van der Waals surface area contributed by atoms with Gasteiger partial charge in [0.1, 0.15) is 0 Å². The van der Waals surface area contributed by atoms with E-state index in [0.29, 0.717) is 9.54 Å². The number of fused-ring (bicyclic) bond motifs is 3. The van der Waals surface area contributed by atoms with Crippen molar-refractivity contribution in [1.29, 1.82) is 0 Å². The third-order valence-corrected chi connectivity index (χ3v) is 9.40. The maximum Gasteiger partial charge on any atom is 0.428 e. The summed E-state index contributed by atoms with van der Waals surface area (Å²) in [6.45, 7) is 5.70. The van der Waals surface area contributed by atoms with E-state index in [1.165, 1.54) is 50.0 Å². The van der Waals surface area contributed by atoms with E-state index in [2.05, 4.69) is 0 Å². The smallest absolute Gasteiger partial charge is 0.395 e. The van der Waals surface area contributed by atoms with Crippen molar-refractivity contribution in [2.24, 2.45) is 0 Å². The van der Waals surface area contributed by atoms with Gasteiger partial charge in [0.25, 0.3) is 21.5 Å². The largest absolute Gasteiger partial charge is 0.428 e. The minimum atomic E-state index is -5.67. The molecule has 0 N–H and O–H groups in total.